The van der Waals surface area contributed by atoms with Crippen molar-refractivity contribution in [3.63, 3.8) is 0 Å². The predicted molar refractivity (Wildman–Crippen MR) is 102 cm³/mol. The highest BCUT2D eigenvalue weighted by molar-refractivity contribution is 6.31. The number of hydrogen-bond donors (Lipinski definition) is 0. The molecule has 4 heteroatoms. The van der Waals surface area contributed by atoms with Gasteiger partial charge in [0, 0.05) is 16.1 Å². The van der Waals surface area contributed by atoms with Crippen molar-refractivity contribution in [2.24, 2.45) is 0 Å². The van der Waals surface area contributed by atoms with E-state index in [4.69, 9.17) is 16.3 Å². The highest BCUT2D eigenvalue weighted by Crippen LogP contribution is 2.47. The van der Waals surface area contributed by atoms with Crippen LogP contribution >= 0.6 is 11.6 Å². The lowest BCUT2D eigenvalue weighted by molar-refractivity contribution is 0.0344. The van der Waals surface area contributed by atoms with Crippen molar-refractivity contribution in [3.05, 3.63) is 99.8 Å². The summed E-state index contributed by atoms with van der Waals surface area (Å²) in [4.78, 5) is 2.15. The zero-order valence-corrected chi connectivity index (χ0v) is 14.6. The Morgan fingerprint density at radius 3 is 2.65 bits per heavy atom. The third kappa shape index (κ3) is 2.44. The monoisotopic (exact) mass is 363 g/mol. The number of fused-ring (bicyclic) bond motifs is 5. The van der Waals surface area contributed by atoms with Gasteiger partial charge in [0.2, 0.25) is 0 Å². The number of ether oxygens (including phenoxy) is 1. The van der Waals surface area contributed by atoms with Crippen LogP contribution in [0.25, 0.3) is 11.8 Å². The average molecular weight is 364 g/mol. The molecule has 0 saturated carbocycles. The van der Waals surface area contributed by atoms with E-state index in [-0.39, 0.29) is 12.0 Å². The summed E-state index contributed by atoms with van der Waals surface area (Å²) < 4.78 is 19.7. The Morgan fingerprint density at radius 1 is 1.00 bits per heavy atom. The van der Waals surface area contributed by atoms with Crippen LogP contribution in [0.4, 0.5) is 10.1 Å². The van der Waals surface area contributed by atoms with Gasteiger partial charge in [-0.3, -0.25) is 0 Å². The second kappa shape index (κ2) is 5.97. The fourth-order valence-electron chi connectivity index (χ4n) is 3.66. The summed E-state index contributed by atoms with van der Waals surface area (Å²) in [7, 11) is 0. The third-order valence-corrected chi connectivity index (χ3v) is 5.13. The maximum atomic E-state index is 13.4. The molecule has 0 fully saturated rings. The van der Waals surface area contributed by atoms with Gasteiger partial charge in [-0.25, -0.2) is 4.39 Å². The largest absolute Gasteiger partial charge is 0.349 e. The summed E-state index contributed by atoms with van der Waals surface area (Å²) in [6.07, 6.45) is 1.89. The maximum Gasteiger partial charge on any atom is 0.161 e. The van der Waals surface area contributed by atoms with Gasteiger partial charge in [-0.15, -0.1) is 0 Å². The van der Waals surface area contributed by atoms with Gasteiger partial charge in [0.25, 0.3) is 0 Å². The molecule has 26 heavy (non-hydrogen) atoms. The second-order valence-electron chi connectivity index (χ2n) is 6.47. The van der Waals surface area contributed by atoms with E-state index >= 15 is 0 Å². The Morgan fingerprint density at radius 2 is 1.81 bits per heavy atom. The lowest BCUT2D eigenvalue weighted by atomic mass is 9.94. The third-order valence-electron chi connectivity index (χ3n) is 4.89. The zero-order chi connectivity index (χ0) is 17.7. The van der Waals surface area contributed by atoms with Crippen molar-refractivity contribution in [2.75, 3.05) is 4.90 Å². The van der Waals surface area contributed by atoms with Gasteiger partial charge in [-0.1, -0.05) is 41.9 Å². The Bertz CT molecular complexity index is 1030. The first-order valence-corrected chi connectivity index (χ1v) is 8.84. The normalized spacial score (nSPS) is 17.8. The van der Waals surface area contributed by atoms with E-state index < -0.39 is 0 Å². The molecule has 128 valence electrons. The minimum atomic E-state index is -0.250. The van der Waals surface area contributed by atoms with E-state index in [1.165, 1.54) is 12.1 Å². The molecule has 3 aromatic carbocycles. The summed E-state index contributed by atoms with van der Waals surface area (Å²) in [5.74, 6) is -0.250. The molecule has 5 rings (SSSR count). The maximum absolute atomic E-state index is 13.4. The molecule has 0 spiro atoms. The Balaban J connectivity index is 1.76. The van der Waals surface area contributed by atoms with Crippen molar-refractivity contribution >= 4 is 29.1 Å². The summed E-state index contributed by atoms with van der Waals surface area (Å²) in [5, 5.41) is 0.682. The minimum absolute atomic E-state index is 0.234. The van der Waals surface area contributed by atoms with E-state index in [2.05, 4.69) is 23.1 Å². The van der Waals surface area contributed by atoms with E-state index in [9.17, 15) is 4.39 Å². The van der Waals surface area contributed by atoms with Crippen LogP contribution in [0.5, 0.6) is 0 Å². The highest BCUT2D eigenvalue weighted by Gasteiger charge is 2.35. The lowest BCUT2D eigenvalue weighted by Gasteiger charge is -2.43. The molecular weight excluding hydrogens is 349 g/mol. The van der Waals surface area contributed by atoms with Crippen LogP contribution in [0, 0.1) is 5.82 Å². The number of nitrogens with zero attached hydrogens (tertiary/aromatic N) is 1. The quantitative estimate of drug-likeness (QED) is 0.523. The van der Waals surface area contributed by atoms with Gasteiger partial charge in [-0.2, -0.15) is 0 Å². The molecule has 2 nitrogen and oxygen atoms in total. The molecule has 0 bridgehead atoms. The van der Waals surface area contributed by atoms with Crippen LogP contribution in [0.2, 0.25) is 5.02 Å². The molecule has 2 aliphatic heterocycles. The van der Waals surface area contributed by atoms with Crippen LogP contribution in [0.3, 0.4) is 0 Å². The molecule has 0 aromatic heterocycles. The Kier molecular flexibility index (Phi) is 3.59. The first kappa shape index (κ1) is 15.6. The van der Waals surface area contributed by atoms with Crippen LogP contribution in [0.1, 0.15) is 28.5 Å². The van der Waals surface area contributed by atoms with Gasteiger partial charge in [0.1, 0.15) is 5.82 Å². The number of rotatable bonds is 1. The van der Waals surface area contributed by atoms with Gasteiger partial charge in [-0.05, 0) is 53.6 Å². The molecule has 2 heterocycles. The molecule has 0 aliphatic carbocycles. The Hall–Kier alpha value is -2.62. The predicted octanol–water partition coefficient (Wildman–Crippen LogP) is 6.03. The van der Waals surface area contributed by atoms with E-state index in [0.29, 0.717) is 11.6 Å². The van der Waals surface area contributed by atoms with Gasteiger partial charge in [0.05, 0.1) is 18.0 Å². The first-order chi connectivity index (χ1) is 12.7. The van der Waals surface area contributed by atoms with Gasteiger partial charge < -0.3 is 9.64 Å². The van der Waals surface area contributed by atoms with Crippen LogP contribution in [0.15, 0.2) is 66.7 Å². The molecule has 0 N–H and O–H groups in total. The van der Waals surface area contributed by atoms with Crippen molar-refractivity contribution < 1.29 is 9.13 Å². The molecular formula is C22H15ClFNO. The SMILES string of the molecule is Fc1ccc(C2=Cc3ccccc3C3OCc4ccc(Cl)cc4N23)cc1. The Labute approximate surface area is 156 Å². The summed E-state index contributed by atoms with van der Waals surface area (Å²) in [6.45, 7) is 0.526. The number of hydrogen-bond acceptors (Lipinski definition) is 2. The summed E-state index contributed by atoms with van der Waals surface area (Å²) in [6, 6.07) is 20.6. The highest BCUT2D eigenvalue weighted by atomic mass is 35.5. The van der Waals surface area contributed by atoms with Crippen molar-refractivity contribution in [1.29, 1.82) is 0 Å². The molecule has 3 aromatic rings. The van der Waals surface area contributed by atoms with Crippen LogP contribution in [-0.4, -0.2) is 0 Å². The minimum Gasteiger partial charge on any atom is -0.349 e. The van der Waals surface area contributed by atoms with E-state index in [1.54, 1.807) is 12.1 Å². The molecule has 2 aliphatic rings. The van der Waals surface area contributed by atoms with E-state index in [1.807, 2.05) is 30.3 Å². The van der Waals surface area contributed by atoms with Crippen LogP contribution < -0.4 is 4.90 Å². The standard InChI is InChI=1S/C22H15ClFNO/c23-17-8-5-16-13-26-22-19-4-2-1-3-15(19)11-20(25(22)21(16)12-17)14-6-9-18(24)10-7-14/h1-12,22H,13H2. The number of anilines is 1. The zero-order valence-electron chi connectivity index (χ0n) is 13.8. The van der Waals surface area contributed by atoms with Crippen molar-refractivity contribution in [2.45, 2.75) is 12.8 Å². The topological polar surface area (TPSA) is 12.5 Å². The summed E-state index contributed by atoms with van der Waals surface area (Å²) >= 11 is 6.29. The second-order valence-corrected chi connectivity index (χ2v) is 6.91. The van der Waals surface area contributed by atoms with Gasteiger partial charge >= 0.3 is 0 Å². The lowest BCUT2D eigenvalue weighted by Crippen LogP contribution is -2.35. The molecule has 1 unspecified atom stereocenters. The van der Waals surface area contributed by atoms with Crippen LogP contribution in [-0.2, 0) is 11.3 Å². The molecule has 0 radical (unpaired) electrons. The molecule has 0 saturated heterocycles. The summed E-state index contributed by atoms with van der Waals surface area (Å²) in [5.41, 5.74) is 6.23. The number of benzene rings is 3. The fraction of sp³-hybridized carbons (Fsp3) is 0.0909. The van der Waals surface area contributed by atoms with Crippen molar-refractivity contribution in [1.82, 2.24) is 0 Å². The number of halogens is 2. The fourth-order valence-corrected chi connectivity index (χ4v) is 3.83. The van der Waals surface area contributed by atoms with E-state index in [0.717, 1.165) is 33.6 Å². The van der Waals surface area contributed by atoms with Gasteiger partial charge in [0.15, 0.2) is 6.23 Å². The molecule has 0 amide bonds. The molecule has 1 atom stereocenters. The smallest absolute Gasteiger partial charge is 0.161 e. The first-order valence-electron chi connectivity index (χ1n) is 8.46. The average Bonchev–Trinajstić information content (AvgIpc) is 2.67. The van der Waals surface area contributed by atoms with Crippen molar-refractivity contribution in [3.8, 4) is 0 Å².